The molecule has 2 saturated heterocycles. The van der Waals surface area contributed by atoms with Crippen molar-refractivity contribution in [2.75, 3.05) is 13.2 Å². The number of hydrogen-bond acceptors (Lipinski definition) is 7. The van der Waals surface area contributed by atoms with Crippen molar-refractivity contribution in [3.63, 3.8) is 0 Å². The summed E-state index contributed by atoms with van der Waals surface area (Å²) in [5, 5.41) is 2.16. The fourth-order valence-electron chi connectivity index (χ4n) is 2.90. The van der Waals surface area contributed by atoms with Crippen molar-refractivity contribution in [1.29, 1.82) is 0 Å². The lowest BCUT2D eigenvalue weighted by atomic mass is 9.96. The number of esters is 2. The standard InChI is InChI=1S/C17H22N2O6S/c1-5-7-24-11(21)9-10(20)18-12-14(22)19-13(16(23)25-8-6-2)17(3,4)26-15(12)19/h5-6,12-13,15H,1-2,7-9H2,3-4H3,(H,18,20)/t12-,13?,15-/m1/s1. The van der Waals surface area contributed by atoms with Gasteiger partial charge in [-0.25, -0.2) is 4.79 Å². The maximum Gasteiger partial charge on any atom is 0.330 e. The van der Waals surface area contributed by atoms with Crippen LogP contribution in [0, 0.1) is 0 Å². The SMILES string of the molecule is C=CCOC(=O)CC(=O)N[C@@H]1C(=O)N2C(C(=O)OCC=C)C(C)(C)S[C@H]12. The van der Waals surface area contributed by atoms with Gasteiger partial charge in [0.25, 0.3) is 0 Å². The number of nitrogens with one attached hydrogen (secondary N) is 1. The van der Waals surface area contributed by atoms with Gasteiger partial charge in [-0.05, 0) is 13.8 Å². The Bertz CT molecular complexity index is 647. The minimum Gasteiger partial charge on any atom is -0.461 e. The fraction of sp³-hybridized carbons (Fsp3) is 0.529. The molecule has 1 unspecified atom stereocenters. The Labute approximate surface area is 155 Å². The molecule has 1 N–H and O–H groups in total. The van der Waals surface area contributed by atoms with Gasteiger partial charge in [0.1, 0.15) is 37.1 Å². The summed E-state index contributed by atoms with van der Waals surface area (Å²) in [5.74, 6) is -2.18. The minimum absolute atomic E-state index is 0.0173. The van der Waals surface area contributed by atoms with Crippen LogP contribution >= 0.6 is 11.8 Å². The number of carbonyl (C=O) groups excluding carboxylic acids is 4. The fourth-order valence-corrected chi connectivity index (χ4v) is 4.53. The van der Waals surface area contributed by atoms with Crippen molar-refractivity contribution in [3.05, 3.63) is 25.3 Å². The highest BCUT2D eigenvalue weighted by molar-refractivity contribution is 8.01. The van der Waals surface area contributed by atoms with Gasteiger partial charge in [-0.15, -0.1) is 11.8 Å². The molecule has 0 aromatic rings. The maximum absolute atomic E-state index is 12.5. The molecular formula is C17H22N2O6S. The van der Waals surface area contributed by atoms with Crippen molar-refractivity contribution >= 4 is 35.5 Å². The van der Waals surface area contributed by atoms with Crippen LogP contribution in [-0.2, 0) is 28.7 Å². The van der Waals surface area contributed by atoms with E-state index in [0.717, 1.165) is 0 Å². The highest BCUT2D eigenvalue weighted by Gasteiger charge is 2.64. The number of ether oxygens (including phenoxy) is 2. The lowest BCUT2D eigenvalue weighted by molar-refractivity contribution is -0.163. The van der Waals surface area contributed by atoms with E-state index in [1.54, 1.807) is 0 Å². The molecule has 26 heavy (non-hydrogen) atoms. The van der Waals surface area contributed by atoms with E-state index >= 15 is 0 Å². The average molecular weight is 382 g/mol. The van der Waals surface area contributed by atoms with Crippen LogP contribution in [0.2, 0.25) is 0 Å². The zero-order valence-electron chi connectivity index (χ0n) is 14.7. The number of nitrogens with zero attached hydrogens (tertiary/aromatic N) is 1. The number of rotatable bonds is 8. The summed E-state index contributed by atoms with van der Waals surface area (Å²) >= 11 is 1.41. The van der Waals surface area contributed by atoms with Crippen LogP contribution < -0.4 is 5.32 Å². The van der Waals surface area contributed by atoms with Gasteiger partial charge in [0.15, 0.2) is 0 Å². The summed E-state index contributed by atoms with van der Waals surface area (Å²) in [6.07, 6.45) is 2.37. The highest BCUT2D eigenvalue weighted by Crippen LogP contribution is 2.51. The van der Waals surface area contributed by atoms with Crippen LogP contribution in [0.1, 0.15) is 20.3 Å². The normalized spacial score (nSPS) is 25.5. The van der Waals surface area contributed by atoms with Crippen LogP contribution in [0.3, 0.4) is 0 Å². The molecule has 0 bridgehead atoms. The molecule has 9 heteroatoms. The van der Waals surface area contributed by atoms with E-state index in [9.17, 15) is 19.2 Å². The Kier molecular flexibility index (Phi) is 6.12. The van der Waals surface area contributed by atoms with Crippen molar-refractivity contribution in [3.8, 4) is 0 Å². The van der Waals surface area contributed by atoms with E-state index in [-0.39, 0.29) is 24.5 Å². The molecular weight excluding hydrogens is 360 g/mol. The zero-order valence-corrected chi connectivity index (χ0v) is 15.5. The second-order valence-electron chi connectivity index (χ2n) is 6.37. The van der Waals surface area contributed by atoms with Gasteiger partial charge in [-0.3, -0.25) is 14.4 Å². The molecule has 0 radical (unpaired) electrons. The van der Waals surface area contributed by atoms with Gasteiger partial charge < -0.3 is 19.7 Å². The number of carbonyl (C=O) groups is 4. The number of thioether (sulfide) groups is 1. The molecule has 0 aliphatic carbocycles. The summed E-state index contributed by atoms with van der Waals surface area (Å²) in [7, 11) is 0. The third-order valence-electron chi connectivity index (χ3n) is 3.99. The Hall–Kier alpha value is -2.29. The molecule has 3 atom stereocenters. The highest BCUT2D eigenvalue weighted by atomic mass is 32.2. The summed E-state index contributed by atoms with van der Waals surface area (Å²) in [5.41, 5.74) is 0. The molecule has 2 heterocycles. The molecule has 0 aromatic carbocycles. The molecule has 2 aliphatic rings. The Morgan fingerprint density at radius 3 is 2.46 bits per heavy atom. The molecule has 0 aromatic heterocycles. The van der Waals surface area contributed by atoms with Gasteiger partial charge in [-0.2, -0.15) is 0 Å². The van der Waals surface area contributed by atoms with Crippen molar-refractivity contribution in [2.45, 2.75) is 42.5 Å². The van der Waals surface area contributed by atoms with Crippen molar-refractivity contribution < 1.29 is 28.7 Å². The Morgan fingerprint density at radius 2 is 1.85 bits per heavy atom. The first-order valence-electron chi connectivity index (χ1n) is 8.06. The first-order valence-corrected chi connectivity index (χ1v) is 8.94. The average Bonchev–Trinajstić information content (AvgIpc) is 2.83. The van der Waals surface area contributed by atoms with E-state index < -0.39 is 41.1 Å². The van der Waals surface area contributed by atoms with Crippen molar-refractivity contribution in [1.82, 2.24) is 10.2 Å². The third kappa shape index (κ3) is 3.92. The van der Waals surface area contributed by atoms with Gasteiger partial charge in [0.2, 0.25) is 11.8 Å². The van der Waals surface area contributed by atoms with Gasteiger partial charge in [0.05, 0.1) is 0 Å². The van der Waals surface area contributed by atoms with Crippen LogP contribution in [0.15, 0.2) is 25.3 Å². The van der Waals surface area contributed by atoms with Crippen LogP contribution in [0.5, 0.6) is 0 Å². The van der Waals surface area contributed by atoms with Crippen LogP contribution in [0.25, 0.3) is 0 Å². The smallest absolute Gasteiger partial charge is 0.330 e. The van der Waals surface area contributed by atoms with Crippen LogP contribution in [0.4, 0.5) is 0 Å². The molecule has 8 nitrogen and oxygen atoms in total. The van der Waals surface area contributed by atoms with Crippen molar-refractivity contribution in [2.24, 2.45) is 0 Å². The second-order valence-corrected chi connectivity index (χ2v) is 8.14. The maximum atomic E-state index is 12.5. The quantitative estimate of drug-likeness (QED) is 0.280. The first-order chi connectivity index (χ1) is 12.2. The monoisotopic (exact) mass is 382 g/mol. The van der Waals surface area contributed by atoms with Gasteiger partial charge in [-0.1, -0.05) is 25.3 Å². The topological polar surface area (TPSA) is 102 Å². The lowest BCUT2D eigenvalue weighted by Gasteiger charge is -2.43. The number of amides is 2. The molecule has 2 aliphatic heterocycles. The van der Waals surface area contributed by atoms with Crippen LogP contribution in [-0.4, -0.2) is 64.1 Å². The predicted molar refractivity (Wildman–Crippen MR) is 95.0 cm³/mol. The number of fused-ring (bicyclic) bond motifs is 1. The first kappa shape index (κ1) is 20.0. The molecule has 2 fully saturated rings. The Balaban J connectivity index is 1.98. The summed E-state index contributed by atoms with van der Waals surface area (Å²) in [6, 6.07) is -1.52. The number of hydrogen-bond donors (Lipinski definition) is 1. The zero-order chi connectivity index (χ0) is 19.5. The van der Waals surface area contributed by atoms with Gasteiger partial charge >= 0.3 is 11.9 Å². The molecule has 2 rings (SSSR count). The van der Waals surface area contributed by atoms with E-state index in [0.29, 0.717) is 0 Å². The van der Waals surface area contributed by atoms with E-state index in [1.807, 2.05) is 13.8 Å². The van der Waals surface area contributed by atoms with E-state index in [2.05, 4.69) is 18.5 Å². The molecule has 142 valence electrons. The number of β-lactam (4-membered cyclic amide) rings is 1. The minimum atomic E-state index is -0.781. The summed E-state index contributed by atoms with van der Waals surface area (Å²) in [6.45, 7) is 10.7. The summed E-state index contributed by atoms with van der Waals surface area (Å²) < 4.78 is 9.27. The van der Waals surface area contributed by atoms with E-state index in [1.165, 1.54) is 28.8 Å². The molecule has 2 amide bonds. The molecule has 0 saturated carbocycles. The second kappa shape index (κ2) is 7.94. The molecule has 0 spiro atoms. The Morgan fingerprint density at radius 1 is 1.23 bits per heavy atom. The summed E-state index contributed by atoms with van der Waals surface area (Å²) in [4.78, 5) is 49.6. The lowest BCUT2D eigenvalue weighted by Crippen LogP contribution is -2.70. The third-order valence-corrected chi connectivity index (χ3v) is 5.56. The predicted octanol–water partition coefficient (Wildman–Crippen LogP) is 0.382. The van der Waals surface area contributed by atoms with E-state index in [4.69, 9.17) is 9.47 Å². The largest absolute Gasteiger partial charge is 0.461 e. The van der Waals surface area contributed by atoms with Gasteiger partial charge in [0, 0.05) is 4.75 Å².